The number of hydrogen-bond acceptors (Lipinski definition) is 6. The first kappa shape index (κ1) is 11.4. The van der Waals surface area contributed by atoms with Crippen molar-refractivity contribution in [3.8, 4) is 11.5 Å². The normalized spacial score (nSPS) is 17.2. The Morgan fingerprint density at radius 3 is 2.94 bits per heavy atom. The summed E-state index contributed by atoms with van der Waals surface area (Å²) in [5.74, 6) is 2.06. The van der Waals surface area contributed by atoms with Crippen LogP contribution in [0.3, 0.4) is 0 Å². The summed E-state index contributed by atoms with van der Waals surface area (Å²) >= 11 is 0. The van der Waals surface area contributed by atoms with Crippen molar-refractivity contribution >= 4 is 0 Å². The number of aromatic nitrogens is 2. The molecule has 0 spiro atoms. The highest BCUT2D eigenvalue weighted by Crippen LogP contribution is 2.22. The van der Waals surface area contributed by atoms with E-state index in [1.807, 2.05) is 13.0 Å². The third kappa shape index (κ3) is 2.30. The van der Waals surface area contributed by atoms with Crippen molar-refractivity contribution in [3.05, 3.63) is 23.9 Å². The molecule has 0 unspecified atom stereocenters. The zero-order valence-electron chi connectivity index (χ0n) is 10.3. The fourth-order valence-corrected chi connectivity index (χ4v) is 2.10. The molecule has 0 amide bonds. The zero-order chi connectivity index (χ0) is 12.4. The fourth-order valence-electron chi connectivity index (χ4n) is 2.10. The van der Waals surface area contributed by atoms with Gasteiger partial charge < -0.3 is 14.3 Å². The molecule has 6 nitrogen and oxygen atoms in total. The first-order valence-electron chi connectivity index (χ1n) is 6.13. The molecule has 3 rings (SSSR count). The van der Waals surface area contributed by atoms with Gasteiger partial charge in [0.1, 0.15) is 5.76 Å². The van der Waals surface area contributed by atoms with Crippen molar-refractivity contribution in [2.45, 2.75) is 13.5 Å². The lowest BCUT2D eigenvalue weighted by Gasteiger charge is -2.25. The van der Waals surface area contributed by atoms with Crippen LogP contribution in [0.5, 0.6) is 0 Å². The van der Waals surface area contributed by atoms with Gasteiger partial charge in [0, 0.05) is 26.2 Å². The molecular formula is C12H16N4O2. The molecule has 96 valence electrons. The van der Waals surface area contributed by atoms with Gasteiger partial charge in [0.2, 0.25) is 0 Å². The van der Waals surface area contributed by atoms with Gasteiger partial charge in [-0.3, -0.25) is 4.90 Å². The minimum Gasteiger partial charge on any atom is -0.469 e. The lowest BCUT2D eigenvalue weighted by Crippen LogP contribution is -2.43. The summed E-state index contributed by atoms with van der Waals surface area (Å²) in [5.41, 5.74) is 0.870. The van der Waals surface area contributed by atoms with Gasteiger partial charge in [0.15, 0.2) is 5.82 Å². The highest BCUT2D eigenvalue weighted by Gasteiger charge is 2.16. The Bertz CT molecular complexity index is 514. The molecule has 0 aliphatic carbocycles. The summed E-state index contributed by atoms with van der Waals surface area (Å²) in [7, 11) is 0. The van der Waals surface area contributed by atoms with Crippen molar-refractivity contribution < 1.29 is 8.94 Å². The summed E-state index contributed by atoms with van der Waals surface area (Å²) in [6.45, 7) is 6.71. The second-order valence-corrected chi connectivity index (χ2v) is 4.43. The first-order valence-corrected chi connectivity index (χ1v) is 6.13. The lowest BCUT2D eigenvalue weighted by molar-refractivity contribution is 0.225. The second kappa shape index (κ2) is 4.91. The maximum atomic E-state index is 5.27. The number of nitrogens with one attached hydrogen (secondary N) is 1. The maximum Gasteiger partial charge on any atom is 0.261 e. The maximum absolute atomic E-state index is 5.27. The zero-order valence-corrected chi connectivity index (χ0v) is 10.3. The molecule has 1 aliphatic rings. The summed E-state index contributed by atoms with van der Waals surface area (Å²) in [5, 5.41) is 7.33. The van der Waals surface area contributed by atoms with Gasteiger partial charge >= 0.3 is 0 Å². The minimum atomic E-state index is 0.534. The molecule has 1 saturated heterocycles. The molecule has 18 heavy (non-hydrogen) atoms. The average molecular weight is 248 g/mol. The van der Waals surface area contributed by atoms with Crippen LogP contribution in [0.15, 0.2) is 21.3 Å². The van der Waals surface area contributed by atoms with Crippen molar-refractivity contribution in [1.82, 2.24) is 20.4 Å². The van der Waals surface area contributed by atoms with Crippen LogP contribution in [-0.2, 0) is 6.54 Å². The lowest BCUT2D eigenvalue weighted by atomic mass is 10.2. The van der Waals surface area contributed by atoms with Crippen LogP contribution < -0.4 is 5.32 Å². The third-order valence-electron chi connectivity index (χ3n) is 3.13. The molecule has 1 fully saturated rings. The Hall–Kier alpha value is -1.66. The number of hydrogen-bond donors (Lipinski definition) is 1. The van der Waals surface area contributed by atoms with Gasteiger partial charge in [-0.2, -0.15) is 4.98 Å². The molecule has 0 radical (unpaired) electrons. The number of aryl methyl sites for hydroxylation is 1. The average Bonchev–Trinajstić information content (AvgIpc) is 2.99. The van der Waals surface area contributed by atoms with Crippen LogP contribution in [0.4, 0.5) is 0 Å². The summed E-state index contributed by atoms with van der Waals surface area (Å²) in [6.07, 6.45) is 1.63. The van der Waals surface area contributed by atoms with Gasteiger partial charge in [-0.25, -0.2) is 0 Å². The van der Waals surface area contributed by atoms with Crippen LogP contribution in [0.1, 0.15) is 11.6 Å². The van der Waals surface area contributed by atoms with Crippen molar-refractivity contribution in [2.24, 2.45) is 0 Å². The van der Waals surface area contributed by atoms with E-state index in [-0.39, 0.29) is 0 Å². The number of rotatable bonds is 3. The SMILES string of the molecule is Cc1occc1-c1nc(CN2CCNCC2)no1. The molecule has 1 aliphatic heterocycles. The fraction of sp³-hybridized carbons (Fsp3) is 0.500. The van der Waals surface area contributed by atoms with Gasteiger partial charge in [-0.15, -0.1) is 0 Å². The Balaban J connectivity index is 1.71. The number of nitrogens with zero attached hydrogens (tertiary/aromatic N) is 3. The van der Waals surface area contributed by atoms with E-state index in [4.69, 9.17) is 8.94 Å². The van der Waals surface area contributed by atoms with Crippen LogP contribution in [0.25, 0.3) is 11.5 Å². The summed E-state index contributed by atoms with van der Waals surface area (Å²) in [4.78, 5) is 6.72. The van der Waals surface area contributed by atoms with Crippen molar-refractivity contribution in [1.29, 1.82) is 0 Å². The smallest absolute Gasteiger partial charge is 0.261 e. The van der Waals surface area contributed by atoms with E-state index in [1.165, 1.54) is 0 Å². The Morgan fingerprint density at radius 2 is 2.22 bits per heavy atom. The predicted octanol–water partition coefficient (Wildman–Crippen LogP) is 1.04. The molecule has 3 heterocycles. The van der Waals surface area contributed by atoms with Crippen LogP contribution >= 0.6 is 0 Å². The van der Waals surface area contributed by atoms with Gasteiger partial charge in [0.05, 0.1) is 18.4 Å². The van der Waals surface area contributed by atoms with E-state index in [1.54, 1.807) is 6.26 Å². The molecule has 6 heteroatoms. The topological polar surface area (TPSA) is 67.3 Å². The molecule has 0 saturated carbocycles. The molecule has 0 bridgehead atoms. The highest BCUT2D eigenvalue weighted by atomic mass is 16.5. The van der Waals surface area contributed by atoms with Crippen molar-refractivity contribution in [3.63, 3.8) is 0 Å². The minimum absolute atomic E-state index is 0.534. The van der Waals surface area contributed by atoms with E-state index in [0.717, 1.165) is 49.9 Å². The van der Waals surface area contributed by atoms with Crippen LogP contribution in [0.2, 0.25) is 0 Å². The molecule has 2 aromatic heterocycles. The van der Waals surface area contributed by atoms with E-state index in [2.05, 4.69) is 20.4 Å². The first-order chi connectivity index (χ1) is 8.83. The summed E-state index contributed by atoms with van der Waals surface area (Å²) < 4.78 is 10.5. The van der Waals surface area contributed by atoms with E-state index >= 15 is 0 Å². The monoisotopic (exact) mass is 248 g/mol. The van der Waals surface area contributed by atoms with E-state index in [9.17, 15) is 0 Å². The van der Waals surface area contributed by atoms with Gasteiger partial charge in [-0.1, -0.05) is 5.16 Å². The Labute approximate surface area is 105 Å². The summed E-state index contributed by atoms with van der Waals surface area (Å²) in [6, 6.07) is 1.84. The van der Waals surface area contributed by atoms with E-state index < -0.39 is 0 Å². The molecule has 2 aromatic rings. The molecule has 0 atom stereocenters. The standard InChI is InChI=1S/C12H16N4O2/c1-9-10(2-7-17-9)12-14-11(15-18-12)8-16-5-3-13-4-6-16/h2,7,13H,3-6,8H2,1H3. The molecule has 1 N–H and O–H groups in total. The largest absolute Gasteiger partial charge is 0.469 e. The number of furan rings is 1. The Morgan fingerprint density at radius 1 is 1.39 bits per heavy atom. The third-order valence-corrected chi connectivity index (χ3v) is 3.13. The van der Waals surface area contributed by atoms with Crippen LogP contribution in [0, 0.1) is 6.92 Å². The Kier molecular flexibility index (Phi) is 3.12. The van der Waals surface area contributed by atoms with E-state index in [0.29, 0.717) is 5.89 Å². The van der Waals surface area contributed by atoms with Crippen LogP contribution in [-0.4, -0.2) is 41.2 Å². The van der Waals surface area contributed by atoms with Gasteiger partial charge in [0.25, 0.3) is 5.89 Å². The quantitative estimate of drug-likeness (QED) is 0.875. The van der Waals surface area contributed by atoms with Crippen molar-refractivity contribution in [2.75, 3.05) is 26.2 Å². The highest BCUT2D eigenvalue weighted by molar-refractivity contribution is 5.54. The van der Waals surface area contributed by atoms with Gasteiger partial charge in [-0.05, 0) is 13.0 Å². The predicted molar refractivity (Wildman–Crippen MR) is 64.9 cm³/mol. The second-order valence-electron chi connectivity index (χ2n) is 4.43. The molecular weight excluding hydrogens is 232 g/mol. The number of piperazine rings is 1. The molecule has 0 aromatic carbocycles.